The average Bonchev–Trinajstić information content (AvgIpc) is 3.26. The Bertz CT molecular complexity index is 801. The number of hydrogen-bond donors (Lipinski definition) is 3. The number of anilines is 1. The van der Waals surface area contributed by atoms with Gasteiger partial charge in [-0.3, -0.25) is 15.2 Å². The van der Waals surface area contributed by atoms with Crippen LogP contribution in [-0.4, -0.2) is 39.5 Å². The van der Waals surface area contributed by atoms with Crippen molar-refractivity contribution in [3.05, 3.63) is 35.2 Å². The average molecular weight is 375 g/mol. The largest absolute Gasteiger partial charge is 0.370 e. The van der Waals surface area contributed by atoms with E-state index in [1.165, 1.54) is 0 Å². The van der Waals surface area contributed by atoms with Gasteiger partial charge in [0.1, 0.15) is 6.10 Å². The van der Waals surface area contributed by atoms with Crippen LogP contribution in [0, 0.1) is 13.8 Å². The zero-order chi connectivity index (χ0) is 18.5. The smallest absolute Gasteiger partial charge is 0.325 e. The van der Waals surface area contributed by atoms with Crippen molar-refractivity contribution >= 4 is 29.4 Å². The first-order valence-electron chi connectivity index (χ1n) is 8.36. The molecule has 1 aromatic heterocycles. The van der Waals surface area contributed by atoms with Crippen molar-refractivity contribution in [1.29, 1.82) is 0 Å². The highest BCUT2D eigenvalue weighted by atomic mass is 32.2. The van der Waals surface area contributed by atoms with Gasteiger partial charge in [0.05, 0.1) is 5.75 Å². The number of hydrogen-bond acceptors (Lipinski definition) is 6. The topological polar surface area (TPSA) is 109 Å². The van der Waals surface area contributed by atoms with E-state index in [1.54, 1.807) is 0 Å². The van der Waals surface area contributed by atoms with Crippen molar-refractivity contribution in [3.8, 4) is 0 Å². The minimum Gasteiger partial charge on any atom is -0.370 e. The molecule has 8 nitrogen and oxygen atoms in total. The first kappa shape index (κ1) is 18.4. The van der Waals surface area contributed by atoms with Crippen molar-refractivity contribution in [2.24, 2.45) is 0 Å². The fourth-order valence-electron chi connectivity index (χ4n) is 2.66. The molecule has 1 fully saturated rings. The van der Waals surface area contributed by atoms with Gasteiger partial charge in [0.15, 0.2) is 5.82 Å². The predicted molar refractivity (Wildman–Crippen MR) is 98.1 cm³/mol. The number of amides is 3. The zero-order valence-corrected chi connectivity index (χ0v) is 15.5. The van der Waals surface area contributed by atoms with Gasteiger partial charge in [-0.05, 0) is 38.3 Å². The molecule has 1 aliphatic heterocycles. The van der Waals surface area contributed by atoms with Crippen LogP contribution in [0.2, 0.25) is 0 Å². The minimum atomic E-state index is -0.558. The lowest BCUT2D eigenvalue weighted by atomic mass is 10.1. The highest BCUT2D eigenvalue weighted by molar-refractivity contribution is 7.99. The van der Waals surface area contributed by atoms with Crippen molar-refractivity contribution in [1.82, 2.24) is 20.5 Å². The summed E-state index contributed by atoms with van der Waals surface area (Å²) in [4.78, 5) is 28.2. The number of carbonyl (C=O) groups excluding carboxylic acids is 2. The van der Waals surface area contributed by atoms with Gasteiger partial charge in [-0.2, -0.15) is 0 Å². The number of aromatic amines is 1. The molecule has 1 saturated heterocycles. The number of rotatable bonds is 5. The predicted octanol–water partition coefficient (Wildman–Crippen LogP) is 2.71. The first-order valence-corrected chi connectivity index (χ1v) is 9.34. The number of carbonyl (C=O) groups is 2. The lowest BCUT2D eigenvalue weighted by Crippen LogP contribution is -2.35. The van der Waals surface area contributed by atoms with Crippen molar-refractivity contribution < 1.29 is 14.3 Å². The van der Waals surface area contributed by atoms with Crippen molar-refractivity contribution in [3.63, 3.8) is 0 Å². The lowest BCUT2D eigenvalue weighted by Gasteiger charge is -2.09. The van der Waals surface area contributed by atoms with Crippen LogP contribution in [0.1, 0.15) is 35.9 Å². The third kappa shape index (κ3) is 4.83. The van der Waals surface area contributed by atoms with E-state index < -0.39 is 11.9 Å². The second-order valence-corrected chi connectivity index (χ2v) is 7.06. The number of thioether (sulfide) groups is 1. The summed E-state index contributed by atoms with van der Waals surface area (Å²) < 4.78 is 5.53. The molecule has 138 valence electrons. The second kappa shape index (κ2) is 8.33. The van der Waals surface area contributed by atoms with Crippen LogP contribution < -0.4 is 10.6 Å². The number of benzene rings is 1. The van der Waals surface area contributed by atoms with Gasteiger partial charge in [0, 0.05) is 12.3 Å². The molecule has 0 aliphatic carbocycles. The van der Waals surface area contributed by atoms with Gasteiger partial charge in [-0.15, -0.1) is 5.10 Å². The fourth-order valence-corrected chi connectivity index (χ4v) is 3.27. The molecule has 2 aromatic rings. The number of aryl methyl sites for hydroxylation is 2. The Morgan fingerprint density at radius 1 is 1.38 bits per heavy atom. The Hall–Kier alpha value is -2.39. The summed E-state index contributed by atoms with van der Waals surface area (Å²) in [5, 5.41) is 12.3. The number of nitrogens with one attached hydrogen (secondary N) is 3. The molecule has 0 radical (unpaired) electrons. The molecular formula is C17H21N5O3S. The van der Waals surface area contributed by atoms with E-state index in [1.807, 2.05) is 32.0 Å². The summed E-state index contributed by atoms with van der Waals surface area (Å²) in [6, 6.07) is 5.11. The van der Waals surface area contributed by atoms with E-state index in [0.717, 1.165) is 42.3 Å². The van der Waals surface area contributed by atoms with E-state index in [0.29, 0.717) is 16.7 Å². The summed E-state index contributed by atoms with van der Waals surface area (Å²) >= 11 is 1.16. The minimum absolute atomic E-state index is 0.0448. The molecule has 1 aliphatic rings. The van der Waals surface area contributed by atoms with Crippen LogP contribution in [0.25, 0.3) is 0 Å². The molecule has 2 heterocycles. The fraction of sp³-hybridized carbons (Fsp3) is 0.412. The quantitative estimate of drug-likeness (QED) is 0.693. The van der Waals surface area contributed by atoms with Crippen LogP contribution in [0.4, 0.5) is 10.5 Å². The van der Waals surface area contributed by atoms with Gasteiger partial charge in [-0.1, -0.05) is 29.5 Å². The van der Waals surface area contributed by atoms with E-state index in [-0.39, 0.29) is 11.9 Å². The van der Waals surface area contributed by atoms with Gasteiger partial charge >= 0.3 is 6.03 Å². The molecule has 0 bridgehead atoms. The van der Waals surface area contributed by atoms with Gasteiger partial charge in [0.25, 0.3) is 0 Å². The van der Waals surface area contributed by atoms with Crippen LogP contribution in [0.5, 0.6) is 0 Å². The van der Waals surface area contributed by atoms with Crippen molar-refractivity contribution in [2.45, 2.75) is 37.9 Å². The number of ether oxygens (including phenoxy) is 1. The van der Waals surface area contributed by atoms with Gasteiger partial charge in [0.2, 0.25) is 11.1 Å². The normalized spacial score (nSPS) is 16.5. The summed E-state index contributed by atoms with van der Waals surface area (Å²) in [5.41, 5.74) is 2.71. The standard InChI is InChI=1S/C17H21N5O3S/c1-10-5-6-12(11(2)8-10)18-16(24)19-14(23)9-26-17-20-15(21-22-17)13-4-3-7-25-13/h5-6,8,13H,3-4,7,9H2,1-2H3,(H,20,21,22)(H2,18,19,23,24)/t13-/m0/s1. The molecule has 3 rings (SSSR count). The number of urea groups is 1. The molecule has 0 saturated carbocycles. The number of nitrogens with zero attached hydrogens (tertiary/aromatic N) is 2. The molecule has 1 atom stereocenters. The molecule has 9 heteroatoms. The summed E-state index contributed by atoms with van der Waals surface area (Å²) in [7, 11) is 0. The Kier molecular flexibility index (Phi) is 5.89. The molecule has 0 spiro atoms. The van der Waals surface area contributed by atoms with E-state index >= 15 is 0 Å². The Morgan fingerprint density at radius 3 is 2.96 bits per heavy atom. The summed E-state index contributed by atoms with van der Waals surface area (Å²) in [6.45, 7) is 4.60. The molecule has 3 amide bonds. The number of H-pyrrole nitrogens is 1. The van der Waals surface area contributed by atoms with Gasteiger partial charge in [-0.25, -0.2) is 9.78 Å². The van der Waals surface area contributed by atoms with Crippen LogP contribution in [-0.2, 0) is 9.53 Å². The van der Waals surface area contributed by atoms with Gasteiger partial charge < -0.3 is 10.1 Å². The van der Waals surface area contributed by atoms with E-state index in [2.05, 4.69) is 25.8 Å². The maximum absolute atomic E-state index is 11.9. The third-order valence-electron chi connectivity index (χ3n) is 3.93. The lowest BCUT2D eigenvalue weighted by molar-refractivity contribution is -0.117. The maximum Gasteiger partial charge on any atom is 0.325 e. The Balaban J connectivity index is 1.45. The van der Waals surface area contributed by atoms with Crippen LogP contribution in [0.15, 0.2) is 23.4 Å². The summed E-state index contributed by atoms with van der Waals surface area (Å²) in [6.07, 6.45) is 1.87. The molecule has 3 N–H and O–H groups in total. The molecular weight excluding hydrogens is 354 g/mol. The number of aromatic nitrogens is 3. The number of imide groups is 1. The molecule has 26 heavy (non-hydrogen) atoms. The highest BCUT2D eigenvalue weighted by Gasteiger charge is 2.21. The molecule has 0 unspecified atom stereocenters. The van der Waals surface area contributed by atoms with Crippen LogP contribution in [0.3, 0.4) is 0 Å². The Labute approximate surface area is 155 Å². The van der Waals surface area contributed by atoms with Crippen molar-refractivity contribution in [2.75, 3.05) is 17.7 Å². The first-order chi connectivity index (χ1) is 12.5. The Morgan fingerprint density at radius 2 is 2.23 bits per heavy atom. The highest BCUT2D eigenvalue weighted by Crippen LogP contribution is 2.26. The summed E-state index contributed by atoms with van der Waals surface area (Å²) in [5.74, 6) is 0.307. The zero-order valence-electron chi connectivity index (χ0n) is 14.7. The van der Waals surface area contributed by atoms with E-state index in [4.69, 9.17) is 4.74 Å². The monoisotopic (exact) mass is 375 g/mol. The third-order valence-corrected chi connectivity index (χ3v) is 4.78. The maximum atomic E-state index is 11.9. The SMILES string of the molecule is Cc1ccc(NC(=O)NC(=O)CSc2n[nH]c([C@@H]3CCCO3)n2)c(C)c1. The van der Waals surface area contributed by atoms with E-state index in [9.17, 15) is 9.59 Å². The molecule has 1 aromatic carbocycles. The second-order valence-electron chi connectivity index (χ2n) is 6.11. The van der Waals surface area contributed by atoms with Crippen LogP contribution >= 0.6 is 11.8 Å².